The van der Waals surface area contributed by atoms with E-state index in [1.807, 2.05) is 0 Å². The van der Waals surface area contributed by atoms with Crippen LogP contribution in [0.25, 0.3) is 0 Å². The van der Waals surface area contributed by atoms with E-state index >= 15 is 0 Å². The lowest BCUT2D eigenvalue weighted by molar-refractivity contribution is -0.140. The Morgan fingerprint density at radius 1 is 1.75 bits per heavy atom. The summed E-state index contributed by atoms with van der Waals surface area (Å²) in [5.41, 5.74) is 1.29. The molecule has 0 heterocycles. The predicted octanol–water partition coefficient (Wildman–Crippen LogP) is 2.76. The van der Waals surface area contributed by atoms with Crippen molar-refractivity contribution in [3.63, 3.8) is 0 Å². The maximum Gasteiger partial charge on any atom is 0.307 e. The monoisotopic (exact) mass is 228 g/mol. The zero-order valence-electron chi connectivity index (χ0n) is 6.59. The van der Waals surface area contributed by atoms with Crippen LogP contribution in [0.15, 0.2) is 10.6 Å². The van der Waals surface area contributed by atoms with Crippen molar-refractivity contribution in [3.05, 3.63) is 10.6 Å². The molecule has 0 aromatic heterocycles. The number of aliphatic carboxylic acids is 1. The Morgan fingerprint density at radius 3 is 2.75 bits per heavy atom. The molecule has 0 saturated carbocycles. The van der Waals surface area contributed by atoms with Gasteiger partial charge in [0.2, 0.25) is 0 Å². The molecule has 0 radical (unpaired) electrons. The van der Waals surface area contributed by atoms with Crippen LogP contribution in [0.1, 0.15) is 6.92 Å². The van der Waals surface area contributed by atoms with Crippen molar-refractivity contribution >= 4 is 40.9 Å². The zero-order chi connectivity index (χ0) is 9.56. The Hall–Kier alpha value is 0.140. The number of carbonyl (C=O) groups is 1. The van der Waals surface area contributed by atoms with Crippen molar-refractivity contribution in [3.8, 4) is 0 Å². The number of carboxylic acid groups (broad SMARTS) is 1. The van der Waals surface area contributed by atoms with Gasteiger partial charge in [0, 0.05) is 22.1 Å². The Labute approximate surface area is 85.9 Å². The lowest BCUT2D eigenvalue weighted by Gasteiger charge is -2.04. The van der Waals surface area contributed by atoms with Gasteiger partial charge >= 0.3 is 5.97 Å². The van der Waals surface area contributed by atoms with Crippen molar-refractivity contribution in [2.24, 2.45) is 5.92 Å². The summed E-state index contributed by atoms with van der Waals surface area (Å²) in [6, 6.07) is 0. The predicted molar refractivity (Wildman–Crippen MR) is 53.9 cm³/mol. The van der Waals surface area contributed by atoms with Crippen molar-refractivity contribution in [2.75, 3.05) is 11.5 Å². The van der Waals surface area contributed by atoms with E-state index in [0.29, 0.717) is 16.5 Å². The second-order valence-corrected chi connectivity index (χ2v) is 4.04. The average molecular weight is 229 g/mol. The molecule has 0 spiro atoms. The molecule has 1 N–H and O–H groups in total. The Balaban J connectivity index is 3.50. The van der Waals surface area contributed by atoms with Crippen LogP contribution < -0.4 is 0 Å². The third-order valence-corrected chi connectivity index (χ3v) is 3.17. The van der Waals surface area contributed by atoms with E-state index in [0.717, 1.165) is 0 Å². The number of hydrogen-bond donors (Lipinski definition) is 1. The van der Waals surface area contributed by atoms with Gasteiger partial charge in [0.05, 0.1) is 5.92 Å². The van der Waals surface area contributed by atoms with Gasteiger partial charge in [-0.25, -0.2) is 0 Å². The molecule has 0 aliphatic heterocycles. The van der Waals surface area contributed by atoms with Crippen molar-refractivity contribution in [1.82, 2.24) is 0 Å². The molecule has 0 bridgehead atoms. The van der Waals surface area contributed by atoms with Gasteiger partial charge in [0.15, 0.2) is 0 Å². The third-order valence-electron chi connectivity index (χ3n) is 1.15. The summed E-state index contributed by atoms with van der Waals surface area (Å²) in [7, 11) is 0. The van der Waals surface area contributed by atoms with Crippen LogP contribution >= 0.6 is 35.0 Å². The molecule has 0 rings (SSSR count). The van der Waals surface area contributed by atoms with E-state index in [4.69, 9.17) is 28.3 Å². The van der Waals surface area contributed by atoms with Crippen LogP contribution in [0.5, 0.6) is 0 Å². The Bertz CT molecular complexity index is 182. The first-order valence-electron chi connectivity index (χ1n) is 3.33. The zero-order valence-corrected chi connectivity index (χ0v) is 8.92. The summed E-state index contributed by atoms with van der Waals surface area (Å²) in [6.07, 6.45) is 0. The maximum absolute atomic E-state index is 10.4. The highest BCUT2D eigenvalue weighted by Gasteiger charge is 2.10. The van der Waals surface area contributed by atoms with Crippen molar-refractivity contribution in [1.29, 1.82) is 0 Å². The molecule has 1 unspecified atom stereocenters. The van der Waals surface area contributed by atoms with E-state index in [1.54, 1.807) is 6.92 Å². The van der Waals surface area contributed by atoms with Gasteiger partial charge < -0.3 is 5.11 Å². The topological polar surface area (TPSA) is 37.3 Å². The van der Waals surface area contributed by atoms with E-state index in [2.05, 4.69) is 0 Å². The van der Waals surface area contributed by atoms with E-state index in [-0.39, 0.29) is 5.92 Å². The first-order valence-corrected chi connectivity index (χ1v) is 5.30. The molecule has 0 saturated heterocycles. The minimum atomic E-state index is -0.784. The summed E-state index contributed by atoms with van der Waals surface area (Å²) < 4.78 is 0. The highest BCUT2D eigenvalue weighted by molar-refractivity contribution is 7.99. The molecule has 1 atom stereocenters. The molecule has 0 aliphatic carbocycles. The highest BCUT2D eigenvalue weighted by atomic mass is 35.5. The number of halogens is 2. The molecule has 0 aliphatic rings. The number of carboxylic acids is 1. The number of thioether (sulfide) groups is 1. The highest BCUT2D eigenvalue weighted by Crippen LogP contribution is 2.15. The fourth-order valence-electron chi connectivity index (χ4n) is 0.436. The maximum atomic E-state index is 10.4. The van der Waals surface area contributed by atoms with Crippen LogP contribution in [0, 0.1) is 5.92 Å². The molecule has 0 aromatic carbocycles. The van der Waals surface area contributed by atoms with Gasteiger partial charge in [-0.3, -0.25) is 4.79 Å². The van der Waals surface area contributed by atoms with Crippen LogP contribution in [0.3, 0.4) is 0 Å². The first kappa shape index (κ1) is 12.1. The summed E-state index contributed by atoms with van der Waals surface area (Å²) in [5.74, 6) is 0.00199. The SMILES string of the molecule is CC(CSCC(Cl)=CCl)C(=O)O. The molecule has 0 amide bonds. The number of hydrogen-bond acceptors (Lipinski definition) is 2. The molecule has 12 heavy (non-hydrogen) atoms. The van der Waals surface area contributed by atoms with Crippen LogP contribution in [0.4, 0.5) is 0 Å². The molecular weight excluding hydrogens is 219 g/mol. The minimum Gasteiger partial charge on any atom is -0.481 e. The van der Waals surface area contributed by atoms with E-state index in [9.17, 15) is 4.79 Å². The molecule has 5 heteroatoms. The first-order chi connectivity index (χ1) is 5.57. The van der Waals surface area contributed by atoms with Crippen LogP contribution in [-0.4, -0.2) is 22.6 Å². The summed E-state index contributed by atoms with van der Waals surface area (Å²) in [4.78, 5) is 10.4. The van der Waals surface area contributed by atoms with Crippen LogP contribution in [0.2, 0.25) is 0 Å². The van der Waals surface area contributed by atoms with Crippen LogP contribution in [-0.2, 0) is 4.79 Å². The van der Waals surface area contributed by atoms with E-state index in [1.165, 1.54) is 17.3 Å². The quantitative estimate of drug-likeness (QED) is 0.787. The summed E-state index contributed by atoms with van der Waals surface area (Å²) in [5, 5.41) is 9.06. The molecule has 70 valence electrons. The second kappa shape index (κ2) is 6.63. The summed E-state index contributed by atoms with van der Waals surface area (Å²) in [6.45, 7) is 1.66. The average Bonchev–Trinajstić information content (AvgIpc) is 2.03. The number of rotatable bonds is 5. The third kappa shape index (κ3) is 5.75. The van der Waals surface area contributed by atoms with Gasteiger partial charge in [0.25, 0.3) is 0 Å². The summed E-state index contributed by atoms with van der Waals surface area (Å²) >= 11 is 12.4. The van der Waals surface area contributed by atoms with Gasteiger partial charge in [-0.05, 0) is 0 Å². The Kier molecular flexibility index (Phi) is 6.71. The molecular formula is C7H10Cl2O2S. The standard InChI is InChI=1S/C7H10Cl2O2S/c1-5(7(10)11)3-12-4-6(9)2-8/h2,5H,3-4H2,1H3,(H,10,11). The molecule has 0 fully saturated rings. The van der Waals surface area contributed by atoms with E-state index < -0.39 is 5.97 Å². The second-order valence-electron chi connectivity index (χ2n) is 2.31. The fourth-order valence-corrected chi connectivity index (χ4v) is 1.73. The lowest BCUT2D eigenvalue weighted by Crippen LogP contribution is -2.11. The molecule has 0 aromatic rings. The van der Waals surface area contributed by atoms with Crippen molar-refractivity contribution < 1.29 is 9.90 Å². The van der Waals surface area contributed by atoms with Gasteiger partial charge in [-0.1, -0.05) is 30.1 Å². The smallest absolute Gasteiger partial charge is 0.307 e. The largest absolute Gasteiger partial charge is 0.481 e. The Morgan fingerprint density at radius 2 is 2.33 bits per heavy atom. The fraction of sp³-hybridized carbons (Fsp3) is 0.571. The van der Waals surface area contributed by atoms with Gasteiger partial charge in [-0.2, -0.15) is 11.8 Å². The normalized spacial score (nSPS) is 14.4. The van der Waals surface area contributed by atoms with Crippen molar-refractivity contribution in [2.45, 2.75) is 6.92 Å². The van der Waals surface area contributed by atoms with Gasteiger partial charge in [0.1, 0.15) is 0 Å². The molecule has 2 nitrogen and oxygen atoms in total. The lowest BCUT2D eigenvalue weighted by atomic mass is 10.2. The minimum absolute atomic E-state index is 0.338. The van der Waals surface area contributed by atoms with Gasteiger partial charge in [-0.15, -0.1) is 0 Å².